The Morgan fingerprint density at radius 1 is 0.278 bits per heavy atom. The third kappa shape index (κ3) is 8.08. The summed E-state index contributed by atoms with van der Waals surface area (Å²) in [4.78, 5) is 86.7. The number of benzene rings is 1. The van der Waals surface area contributed by atoms with Crippen molar-refractivity contribution < 1.29 is 57.2 Å². The van der Waals surface area contributed by atoms with Gasteiger partial charge in [0.25, 0.3) is 0 Å². The van der Waals surface area contributed by atoms with Crippen molar-refractivity contribution in [2.24, 2.45) is 0 Å². The third-order valence-corrected chi connectivity index (χ3v) is 11.3. The molecule has 0 fully saturated rings. The van der Waals surface area contributed by atoms with Gasteiger partial charge in [0.1, 0.15) is 0 Å². The van der Waals surface area contributed by atoms with Gasteiger partial charge in [0, 0.05) is 0 Å². The van der Waals surface area contributed by atoms with Gasteiger partial charge < -0.3 is 28.4 Å². The highest BCUT2D eigenvalue weighted by Gasteiger charge is 2.44. The van der Waals surface area contributed by atoms with Crippen LogP contribution in [0.4, 0.5) is 0 Å². The van der Waals surface area contributed by atoms with Gasteiger partial charge in [-0.2, -0.15) is 0 Å². The summed E-state index contributed by atoms with van der Waals surface area (Å²) in [5.74, 6) is -8.32. The van der Waals surface area contributed by atoms with E-state index in [0.29, 0.717) is 0 Å². The summed E-state index contributed by atoms with van der Waals surface area (Å²) >= 11 is 5.96. The Morgan fingerprint density at radius 3 is 0.537 bits per heavy atom. The predicted octanol–water partition coefficient (Wildman–Crippen LogP) is 9.37. The van der Waals surface area contributed by atoms with Crippen LogP contribution in [0.1, 0.15) is 62.1 Å². The van der Waals surface area contributed by atoms with Gasteiger partial charge in [-0.1, -0.05) is 0 Å². The molecule has 0 aliphatic rings. The molecule has 270 valence electrons. The summed E-state index contributed by atoms with van der Waals surface area (Å²) in [5, 5.41) is 9.66. The summed E-state index contributed by atoms with van der Waals surface area (Å²) in [5.41, 5.74) is -5.69. The number of thiophene rings is 6. The molecule has 0 amide bonds. The first kappa shape index (κ1) is 36.6. The molecule has 0 spiro atoms. The van der Waals surface area contributed by atoms with E-state index in [1.54, 1.807) is 68.7 Å². The Kier molecular flexibility index (Phi) is 11.2. The molecule has 0 N–H and O–H groups in total. The first-order valence-electron chi connectivity index (χ1n) is 15.0. The van der Waals surface area contributed by atoms with E-state index in [0.717, 1.165) is 68.0 Å². The molecule has 18 heteroatoms. The molecule has 0 saturated heterocycles. The summed E-state index contributed by atoms with van der Waals surface area (Å²) < 4.78 is 33.7. The van der Waals surface area contributed by atoms with Crippen molar-refractivity contribution in [1.82, 2.24) is 0 Å². The minimum Gasteiger partial charge on any atom is -0.412 e. The number of hydrogen-bond donors (Lipinski definition) is 0. The molecule has 54 heavy (non-hydrogen) atoms. The zero-order chi connectivity index (χ0) is 37.6. The lowest BCUT2D eigenvalue weighted by molar-refractivity contribution is 0.0641. The van der Waals surface area contributed by atoms with Crippen LogP contribution in [-0.4, -0.2) is 35.8 Å². The number of rotatable bonds is 12. The molecule has 0 unspecified atom stereocenters. The molecule has 0 bridgehead atoms. The number of esters is 6. The van der Waals surface area contributed by atoms with Crippen LogP contribution in [0.15, 0.2) is 105 Å². The fraction of sp³-hybridized carbons (Fsp3) is 0. The van der Waals surface area contributed by atoms with Gasteiger partial charge in [0.15, 0.2) is 30.4 Å². The largest absolute Gasteiger partial charge is 0.412 e. The molecule has 0 saturated carbocycles. The lowest BCUT2D eigenvalue weighted by Crippen LogP contribution is -2.34. The van der Waals surface area contributed by atoms with Crippen LogP contribution in [0.25, 0.3) is 0 Å². The minimum absolute atomic E-state index is 0.0155. The molecule has 7 aromatic rings. The molecular weight excluding hydrogens is 817 g/mol. The SMILES string of the molecule is O=C(Oc1cccs1)c1c(C(=O)Oc2cccs2)c(C(=O)Oc2cccs2)c(C(=O)Oc2cccs2)c(C(=O)Oc2cccs2)c1C(=O)Oc1cccs1. The topological polar surface area (TPSA) is 158 Å². The van der Waals surface area contributed by atoms with Crippen LogP contribution in [-0.2, 0) is 0 Å². The Labute approximate surface area is 327 Å². The second kappa shape index (κ2) is 16.5. The lowest BCUT2D eigenvalue weighted by atomic mass is 9.85. The van der Waals surface area contributed by atoms with Crippen molar-refractivity contribution >= 4 is 104 Å². The highest BCUT2D eigenvalue weighted by Crippen LogP contribution is 2.37. The predicted molar refractivity (Wildman–Crippen MR) is 202 cm³/mol. The second-order valence-electron chi connectivity index (χ2n) is 10.2. The van der Waals surface area contributed by atoms with E-state index >= 15 is 0 Å². The Hall–Kier alpha value is -5.76. The van der Waals surface area contributed by atoms with Gasteiger partial charge in [0.2, 0.25) is 0 Å². The molecule has 7 rings (SSSR count). The highest BCUT2D eigenvalue weighted by molar-refractivity contribution is 7.13. The lowest BCUT2D eigenvalue weighted by Gasteiger charge is -2.21. The van der Waals surface area contributed by atoms with E-state index in [1.165, 1.54) is 36.4 Å². The highest BCUT2D eigenvalue weighted by atomic mass is 32.1. The van der Waals surface area contributed by atoms with Crippen molar-refractivity contribution in [3.8, 4) is 30.4 Å². The fourth-order valence-corrected chi connectivity index (χ4v) is 8.19. The second-order valence-corrected chi connectivity index (χ2v) is 15.6. The van der Waals surface area contributed by atoms with Crippen molar-refractivity contribution in [2.75, 3.05) is 0 Å². The minimum atomic E-state index is -1.39. The van der Waals surface area contributed by atoms with Crippen molar-refractivity contribution in [3.05, 3.63) is 138 Å². The van der Waals surface area contributed by atoms with Gasteiger partial charge in [0.05, 0.1) is 33.4 Å². The van der Waals surface area contributed by atoms with Crippen LogP contribution in [0.5, 0.6) is 30.4 Å². The molecule has 0 aliphatic carbocycles. The van der Waals surface area contributed by atoms with Crippen LogP contribution in [0, 0.1) is 0 Å². The Balaban J connectivity index is 1.59. The average molecular weight is 835 g/mol. The van der Waals surface area contributed by atoms with Crippen LogP contribution in [0.2, 0.25) is 0 Å². The smallest absolute Gasteiger partial charge is 0.346 e. The summed E-state index contributed by atoms with van der Waals surface area (Å²) in [6.45, 7) is 0. The molecule has 6 heterocycles. The van der Waals surface area contributed by atoms with Gasteiger partial charge in [-0.15, -0.1) is 68.0 Å². The van der Waals surface area contributed by atoms with Crippen LogP contribution in [0.3, 0.4) is 0 Å². The van der Waals surface area contributed by atoms with Gasteiger partial charge in [-0.25, -0.2) is 28.8 Å². The molecule has 0 aliphatic heterocycles. The molecular formula is C36H18O12S6. The molecule has 0 atom stereocenters. The zero-order valence-corrected chi connectivity index (χ0v) is 31.6. The fourth-order valence-electron chi connectivity index (χ4n) is 4.76. The third-order valence-electron chi connectivity index (χ3n) is 6.85. The number of ether oxygens (including phenoxy) is 6. The Morgan fingerprint density at radius 2 is 0.426 bits per heavy atom. The van der Waals surface area contributed by atoms with Gasteiger partial charge in [-0.05, 0) is 105 Å². The van der Waals surface area contributed by atoms with E-state index in [1.807, 2.05) is 0 Å². The van der Waals surface area contributed by atoms with E-state index in [2.05, 4.69) is 0 Å². The normalized spacial score (nSPS) is 10.7. The van der Waals surface area contributed by atoms with Crippen LogP contribution >= 0.6 is 68.0 Å². The van der Waals surface area contributed by atoms with Crippen molar-refractivity contribution in [1.29, 1.82) is 0 Å². The number of hydrogen-bond acceptors (Lipinski definition) is 18. The maximum atomic E-state index is 14.4. The van der Waals surface area contributed by atoms with Crippen molar-refractivity contribution in [3.63, 3.8) is 0 Å². The van der Waals surface area contributed by atoms with Gasteiger partial charge >= 0.3 is 35.8 Å². The summed E-state index contributed by atoms with van der Waals surface area (Å²) in [7, 11) is 0. The monoisotopic (exact) mass is 834 g/mol. The first-order chi connectivity index (χ1) is 26.3. The van der Waals surface area contributed by atoms with E-state index < -0.39 is 69.2 Å². The quantitative estimate of drug-likeness (QED) is 0.108. The summed E-state index contributed by atoms with van der Waals surface area (Å²) in [6.07, 6.45) is 0. The Bertz CT molecular complexity index is 1960. The molecule has 12 nitrogen and oxygen atoms in total. The van der Waals surface area contributed by atoms with Gasteiger partial charge in [-0.3, -0.25) is 0 Å². The van der Waals surface area contributed by atoms with E-state index in [9.17, 15) is 28.8 Å². The molecule has 0 radical (unpaired) electrons. The average Bonchev–Trinajstić information content (AvgIpc) is 3.99. The van der Waals surface area contributed by atoms with Crippen LogP contribution < -0.4 is 28.4 Å². The van der Waals surface area contributed by atoms with E-state index in [4.69, 9.17) is 28.4 Å². The standard InChI is InChI=1S/C36H18O12S6/c37-31(43-19-7-1-13-49-19)25-26(32(38)44-20-8-2-14-50-20)28(34(40)46-22-10-4-16-52-22)30(36(42)48-24-12-6-18-54-24)29(35(41)47-23-11-5-17-53-23)27(25)33(39)45-21-9-3-15-51-21/h1-18H. The molecule has 1 aromatic carbocycles. The number of carbonyl (C=O) groups is 6. The summed E-state index contributed by atoms with van der Waals surface area (Å²) in [6, 6.07) is 18.0. The maximum absolute atomic E-state index is 14.4. The van der Waals surface area contributed by atoms with E-state index in [-0.39, 0.29) is 30.4 Å². The maximum Gasteiger partial charge on any atom is 0.346 e. The zero-order valence-electron chi connectivity index (χ0n) is 26.7. The molecule has 6 aromatic heterocycles. The first-order valence-corrected chi connectivity index (χ1v) is 20.3. The van der Waals surface area contributed by atoms with Crippen molar-refractivity contribution in [2.45, 2.75) is 0 Å². The number of carbonyl (C=O) groups excluding carboxylic acids is 6.